The molecule has 12 unspecified atom stereocenters. The molecular formula is C42H62O12. The molecule has 1 fully saturated rings. The van der Waals surface area contributed by atoms with Gasteiger partial charge in [0.15, 0.2) is 5.79 Å². The monoisotopic (exact) mass is 758 g/mol. The van der Waals surface area contributed by atoms with E-state index >= 15 is 0 Å². The third-order valence-electron chi connectivity index (χ3n) is 10.4. The second-order valence-electron chi connectivity index (χ2n) is 14.8. The number of rotatable bonds is 11. The summed E-state index contributed by atoms with van der Waals surface area (Å²) in [7, 11) is 2.80. The molecular weight excluding hydrogens is 696 g/mol. The average molecular weight is 759 g/mol. The molecule has 12 atom stereocenters. The number of carbonyl (C=O) groups excluding carboxylic acids is 2. The molecule has 2 rings (SSSR count). The van der Waals surface area contributed by atoms with Crippen LogP contribution in [0.3, 0.4) is 0 Å². The number of methoxy groups -OCH3 is 2. The Labute approximate surface area is 320 Å². The van der Waals surface area contributed by atoms with Crippen molar-refractivity contribution in [3.05, 3.63) is 83.2 Å². The lowest BCUT2D eigenvalue weighted by atomic mass is 9.76. The van der Waals surface area contributed by atoms with E-state index in [-0.39, 0.29) is 24.0 Å². The number of hydrogen-bond donors (Lipinski definition) is 4. The molecule has 0 aromatic heterocycles. The van der Waals surface area contributed by atoms with Gasteiger partial charge in [0, 0.05) is 49.4 Å². The lowest BCUT2D eigenvalue weighted by molar-refractivity contribution is -0.316. The second-order valence-corrected chi connectivity index (χ2v) is 14.8. The van der Waals surface area contributed by atoms with Crippen molar-refractivity contribution in [3.63, 3.8) is 0 Å². The van der Waals surface area contributed by atoms with Gasteiger partial charge in [0.1, 0.15) is 18.3 Å². The van der Waals surface area contributed by atoms with Gasteiger partial charge < -0.3 is 44.1 Å². The number of esters is 2. The van der Waals surface area contributed by atoms with Gasteiger partial charge in [-0.2, -0.15) is 0 Å². The highest BCUT2D eigenvalue weighted by Gasteiger charge is 2.52. The fourth-order valence-electron chi connectivity index (χ4n) is 7.07. The molecule has 0 spiro atoms. The van der Waals surface area contributed by atoms with Crippen molar-refractivity contribution in [3.8, 4) is 0 Å². The Kier molecular flexibility index (Phi) is 18.3. The number of hydrogen-bond acceptors (Lipinski definition) is 11. The molecule has 4 N–H and O–H groups in total. The van der Waals surface area contributed by atoms with Crippen LogP contribution in [0.5, 0.6) is 0 Å². The highest BCUT2D eigenvalue weighted by Crippen LogP contribution is 2.42. The quantitative estimate of drug-likeness (QED) is 0.114. The van der Waals surface area contributed by atoms with Crippen molar-refractivity contribution in [1.29, 1.82) is 0 Å². The van der Waals surface area contributed by atoms with E-state index < -0.39 is 78.1 Å². The first-order chi connectivity index (χ1) is 25.3. The smallest absolute Gasteiger partial charge is 0.373 e. The summed E-state index contributed by atoms with van der Waals surface area (Å²) >= 11 is 0. The molecule has 0 saturated carbocycles. The van der Waals surface area contributed by atoms with E-state index in [0.29, 0.717) is 18.1 Å². The van der Waals surface area contributed by atoms with Crippen LogP contribution in [0.15, 0.2) is 83.2 Å². The highest BCUT2D eigenvalue weighted by atomic mass is 16.6. The molecule has 2 aliphatic heterocycles. The number of aliphatic carboxylic acids is 1. The number of aliphatic hydroxyl groups is 3. The maximum absolute atomic E-state index is 13.7. The molecule has 0 aromatic rings. The fraction of sp³-hybridized carbons (Fsp3) is 0.595. The predicted molar refractivity (Wildman–Crippen MR) is 205 cm³/mol. The van der Waals surface area contributed by atoms with E-state index in [2.05, 4.69) is 0 Å². The van der Waals surface area contributed by atoms with E-state index in [4.69, 9.17) is 28.8 Å². The molecule has 12 nitrogen and oxygen atoms in total. The minimum absolute atomic E-state index is 0.0535. The second kappa shape index (κ2) is 21.3. The minimum atomic E-state index is -2.06. The SMILES string of the molecule is C/C=C/C=C(/C)C1OC(O)(C(C)C(O)C(C)C2OC(=O)/C(OC)=C\C(C)=C\C(C)C(O)C(C)C/C(C)=C/C=C/C2OC)CC(OC(=O)/C=C/C(=O)O)C1C. The van der Waals surface area contributed by atoms with E-state index in [9.17, 15) is 29.7 Å². The van der Waals surface area contributed by atoms with Crippen LogP contribution in [-0.4, -0.2) is 95.0 Å². The Bertz CT molecular complexity index is 1500. The van der Waals surface area contributed by atoms with Crippen LogP contribution in [0.1, 0.15) is 75.2 Å². The molecule has 302 valence electrons. The third kappa shape index (κ3) is 12.9. The molecule has 54 heavy (non-hydrogen) atoms. The number of carboxylic acid groups (broad SMARTS) is 1. The Morgan fingerprint density at radius 1 is 1.11 bits per heavy atom. The number of carbonyl (C=O) groups is 3. The van der Waals surface area contributed by atoms with Crippen LogP contribution in [-0.2, 0) is 38.1 Å². The van der Waals surface area contributed by atoms with Gasteiger partial charge >= 0.3 is 17.9 Å². The van der Waals surface area contributed by atoms with Gasteiger partial charge in [-0.25, -0.2) is 14.4 Å². The highest BCUT2D eigenvalue weighted by molar-refractivity contribution is 5.90. The summed E-state index contributed by atoms with van der Waals surface area (Å²) in [5.41, 5.74) is 2.41. The number of allylic oxidation sites excluding steroid dienone is 8. The molecule has 0 amide bonds. The van der Waals surface area contributed by atoms with Gasteiger partial charge in [-0.15, -0.1) is 0 Å². The van der Waals surface area contributed by atoms with Crippen LogP contribution in [0.4, 0.5) is 0 Å². The summed E-state index contributed by atoms with van der Waals surface area (Å²) in [6.07, 6.45) is 10.4. The molecule has 2 aliphatic rings. The van der Waals surface area contributed by atoms with Crippen LogP contribution in [0.2, 0.25) is 0 Å². The van der Waals surface area contributed by atoms with E-state index in [0.717, 1.165) is 17.2 Å². The number of ether oxygens (including phenoxy) is 5. The Balaban J connectivity index is 2.61. The molecule has 0 aliphatic carbocycles. The van der Waals surface area contributed by atoms with Crippen molar-refractivity contribution < 1.29 is 58.5 Å². The number of carboxylic acids is 1. The first-order valence-electron chi connectivity index (χ1n) is 18.5. The van der Waals surface area contributed by atoms with E-state index in [1.54, 1.807) is 45.9 Å². The number of cyclic esters (lactones) is 1. The third-order valence-corrected chi connectivity index (χ3v) is 10.4. The van der Waals surface area contributed by atoms with Gasteiger partial charge in [-0.1, -0.05) is 88.3 Å². The first kappa shape index (κ1) is 46.3. The van der Waals surface area contributed by atoms with Crippen molar-refractivity contribution in [1.82, 2.24) is 0 Å². The Hall–Kier alpha value is -3.81. The zero-order valence-corrected chi connectivity index (χ0v) is 33.6. The zero-order valence-electron chi connectivity index (χ0n) is 33.6. The van der Waals surface area contributed by atoms with E-state index in [1.807, 2.05) is 58.9 Å². The van der Waals surface area contributed by atoms with Crippen LogP contribution >= 0.6 is 0 Å². The normalized spacial score (nSPS) is 36.1. The molecule has 0 bridgehead atoms. The van der Waals surface area contributed by atoms with Gasteiger partial charge in [-0.3, -0.25) is 0 Å². The van der Waals surface area contributed by atoms with Gasteiger partial charge in [-0.05, 0) is 51.7 Å². The topological polar surface area (TPSA) is 178 Å². The maximum atomic E-state index is 13.7. The zero-order chi connectivity index (χ0) is 40.9. The lowest BCUT2D eigenvalue weighted by Gasteiger charge is -2.49. The summed E-state index contributed by atoms with van der Waals surface area (Å²) in [6.45, 7) is 16.4. The van der Waals surface area contributed by atoms with Crippen molar-refractivity contribution in [2.24, 2.45) is 29.6 Å². The standard InChI is InChI=1S/C42H62O12/c1-12-13-16-26(4)39-29(7)34(52-36(45)19-18-35(43)44)23-42(49,54-39)31(9)38(47)30(8)40-32(50-10)17-14-15-24(2)20-27(5)37(46)28(6)21-25(3)22-33(51-11)41(48)53-40/h12-19,21-22,27-32,34,37-40,46-47,49H,20,23H2,1-11H3,(H,43,44)/b13-12+,17-14+,19-18+,24-15+,25-21+,26-16-,33-22+. The van der Waals surface area contributed by atoms with Gasteiger partial charge in [0.05, 0.1) is 25.4 Å². The number of aliphatic hydroxyl groups excluding tert-OH is 2. The van der Waals surface area contributed by atoms with Gasteiger partial charge in [0.25, 0.3) is 0 Å². The predicted octanol–water partition coefficient (Wildman–Crippen LogP) is 5.75. The lowest BCUT2D eigenvalue weighted by Crippen LogP contribution is -2.59. The summed E-state index contributed by atoms with van der Waals surface area (Å²) in [6, 6.07) is 0. The average Bonchev–Trinajstić information content (AvgIpc) is 3.12. The summed E-state index contributed by atoms with van der Waals surface area (Å²) < 4.78 is 29.4. The van der Waals surface area contributed by atoms with Crippen molar-refractivity contribution >= 4 is 17.9 Å². The van der Waals surface area contributed by atoms with Crippen LogP contribution in [0.25, 0.3) is 0 Å². The van der Waals surface area contributed by atoms with Crippen LogP contribution in [0, 0.1) is 29.6 Å². The fourth-order valence-corrected chi connectivity index (χ4v) is 7.07. The first-order valence-corrected chi connectivity index (χ1v) is 18.5. The maximum Gasteiger partial charge on any atom is 0.373 e. The summed E-state index contributed by atoms with van der Waals surface area (Å²) in [5, 5.41) is 44.2. The molecule has 1 saturated heterocycles. The van der Waals surface area contributed by atoms with Gasteiger partial charge in [0.2, 0.25) is 5.76 Å². The molecule has 12 heteroatoms. The van der Waals surface area contributed by atoms with Crippen molar-refractivity contribution in [2.45, 2.75) is 118 Å². The molecule has 2 heterocycles. The molecule has 0 radical (unpaired) electrons. The summed E-state index contributed by atoms with van der Waals surface area (Å²) in [5.74, 6) is -7.86. The Morgan fingerprint density at radius 2 is 1.78 bits per heavy atom. The van der Waals surface area contributed by atoms with Crippen LogP contribution < -0.4 is 0 Å². The summed E-state index contributed by atoms with van der Waals surface area (Å²) in [4.78, 5) is 37.4. The largest absolute Gasteiger partial charge is 0.490 e. The van der Waals surface area contributed by atoms with Crippen molar-refractivity contribution in [2.75, 3.05) is 14.2 Å². The van der Waals surface area contributed by atoms with E-state index in [1.165, 1.54) is 20.3 Å². The Morgan fingerprint density at radius 3 is 2.37 bits per heavy atom. The minimum Gasteiger partial charge on any atom is -0.490 e. The molecule has 0 aromatic carbocycles.